The Balaban J connectivity index is 1.65. The smallest absolute Gasteiger partial charge is 0.127 e. The van der Waals surface area contributed by atoms with Crippen molar-refractivity contribution >= 4 is 21.7 Å². The highest BCUT2D eigenvalue weighted by atomic mass is 79.9. The second-order valence-electron chi connectivity index (χ2n) is 5.61. The second kappa shape index (κ2) is 8.18. The Morgan fingerprint density at radius 2 is 1.84 bits per heavy atom. The number of halogens is 2. The van der Waals surface area contributed by atoms with Crippen LogP contribution in [0.3, 0.4) is 0 Å². The quantitative estimate of drug-likeness (QED) is 0.636. The number of nitrogens with two attached hydrogens (primary N) is 1. The standard InChI is InChI=1S/C19H18BrFN4/c20-15-5-6-18(25-19(15)13-7-10-23-11-8-13)24-12-9-17(22)14-3-1-2-4-16(14)21/h1-8,10-11,17H,9,12,22H2,(H,24,25)/t17-/m1/s1. The molecule has 0 saturated heterocycles. The number of nitrogens with one attached hydrogen (secondary N) is 1. The van der Waals surface area contributed by atoms with Gasteiger partial charge in [-0.1, -0.05) is 18.2 Å². The van der Waals surface area contributed by atoms with Crippen LogP contribution < -0.4 is 11.1 Å². The van der Waals surface area contributed by atoms with Crippen molar-refractivity contribution < 1.29 is 4.39 Å². The highest BCUT2D eigenvalue weighted by Gasteiger charge is 2.11. The third-order valence-electron chi connectivity index (χ3n) is 3.87. The van der Waals surface area contributed by atoms with Crippen LogP contribution in [0.5, 0.6) is 0 Å². The summed E-state index contributed by atoms with van der Waals surface area (Å²) in [6.07, 6.45) is 4.07. The van der Waals surface area contributed by atoms with E-state index in [0.717, 1.165) is 21.5 Å². The van der Waals surface area contributed by atoms with Crippen molar-refractivity contribution in [3.8, 4) is 11.3 Å². The van der Waals surface area contributed by atoms with Gasteiger partial charge in [-0.05, 0) is 52.7 Å². The average molecular weight is 401 g/mol. The van der Waals surface area contributed by atoms with Crippen molar-refractivity contribution in [2.24, 2.45) is 5.73 Å². The predicted molar refractivity (Wildman–Crippen MR) is 102 cm³/mol. The summed E-state index contributed by atoms with van der Waals surface area (Å²) in [4.78, 5) is 8.65. The number of hydrogen-bond donors (Lipinski definition) is 2. The minimum atomic E-state index is -0.358. The predicted octanol–water partition coefficient (Wildman–Crippen LogP) is 4.55. The van der Waals surface area contributed by atoms with Gasteiger partial charge in [0.2, 0.25) is 0 Å². The van der Waals surface area contributed by atoms with Crippen molar-refractivity contribution in [2.75, 3.05) is 11.9 Å². The Kier molecular flexibility index (Phi) is 5.73. The van der Waals surface area contributed by atoms with E-state index in [0.29, 0.717) is 18.5 Å². The fraction of sp³-hybridized carbons (Fsp3) is 0.158. The van der Waals surface area contributed by atoms with Crippen molar-refractivity contribution in [3.05, 3.63) is 76.8 Å². The summed E-state index contributed by atoms with van der Waals surface area (Å²) < 4.78 is 14.7. The second-order valence-corrected chi connectivity index (χ2v) is 6.46. The molecule has 0 aliphatic rings. The lowest BCUT2D eigenvalue weighted by molar-refractivity contribution is 0.570. The number of rotatable bonds is 6. The van der Waals surface area contributed by atoms with Gasteiger partial charge in [0, 0.05) is 40.6 Å². The van der Waals surface area contributed by atoms with Gasteiger partial charge in [0.05, 0.1) is 5.69 Å². The van der Waals surface area contributed by atoms with Crippen LogP contribution in [0.1, 0.15) is 18.0 Å². The first-order valence-corrected chi connectivity index (χ1v) is 8.75. The summed E-state index contributed by atoms with van der Waals surface area (Å²) >= 11 is 3.52. The topological polar surface area (TPSA) is 63.8 Å². The molecule has 1 atom stereocenters. The third kappa shape index (κ3) is 4.41. The molecule has 0 radical (unpaired) electrons. The SMILES string of the molecule is N[C@H](CCNc1ccc(Br)c(-c2ccncc2)n1)c1ccccc1F. The van der Waals surface area contributed by atoms with E-state index in [2.05, 4.69) is 31.2 Å². The molecule has 3 N–H and O–H groups in total. The van der Waals surface area contributed by atoms with E-state index < -0.39 is 0 Å². The van der Waals surface area contributed by atoms with Crippen LogP contribution in [0.2, 0.25) is 0 Å². The van der Waals surface area contributed by atoms with Crippen LogP contribution in [0.25, 0.3) is 11.3 Å². The number of hydrogen-bond acceptors (Lipinski definition) is 4. The van der Waals surface area contributed by atoms with E-state index >= 15 is 0 Å². The van der Waals surface area contributed by atoms with E-state index in [1.54, 1.807) is 30.6 Å². The van der Waals surface area contributed by atoms with Crippen LogP contribution in [-0.4, -0.2) is 16.5 Å². The van der Waals surface area contributed by atoms with E-state index in [9.17, 15) is 4.39 Å². The van der Waals surface area contributed by atoms with Crippen LogP contribution >= 0.6 is 15.9 Å². The zero-order valence-electron chi connectivity index (χ0n) is 13.5. The molecular weight excluding hydrogens is 383 g/mol. The molecule has 0 aliphatic heterocycles. The summed E-state index contributed by atoms with van der Waals surface area (Å²) in [7, 11) is 0. The van der Waals surface area contributed by atoms with Gasteiger partial charge in [-0.2, -0.15) is 0 Å². The number of nitrogens with zero attached hydrogens (tertiary/aromatic N) is 2. The first kappa shape index (κ1) is 17.5. The van der Waals surface area contributed by atoms with E-state index in [1.807, 2.05) is 24.3 Å². The first-order chi connectivity index (χ1) is 12.1. The van der Waals surface area contributed by atoms with Crippen LogP contribution in [-0.2, 0) is 0 Å². The molecule has 0 spiro atoms. The van der Waals surface area contributed by atoms with Gasteiger partial charge in [0.25, 0.3) is 0 Å². The molecule has 3 aromatic rings. The molecular formula is C19H18BrFN4. The fourth-order valence-corrected chi connectivity index (χ4v) is 2.99. The van der Waals surface area contributed by atoms with Crippen molar-refractivity contribution in [1.82, 2.24) is 9.97 Å². The summed E-state index contributed by atoms with van der Waals surface area (Å²) in [6.45, 7) is 0.597. The maximum Gasteiger partial charge on any atom is 0.127 e. The Morgan fingerprint density at radius 1 is 1.08 bits per heavy atom. The molecule has 0 unspecified atom stereocenters. The molecule has 128 valence electrons. The summed E-state index contributed by atoms with van der Waals surface area (Å²) in [5.74, 6) is 0.479. The molecule has 0 amide bonds. The summed E-state index contributed by atoms with van der Waals surface area (Å²) in [5.41, 5.74) is 8.44. The van der Waals surface area contributed by atoms with Gasteiger partial charge >= 0.3 is 0 Å². The highest BCUT2D eigenvalue weighted by molar-refractivity contribution is 9.10. The van der Waals surface area contributed by atoms with Gasteiger partial charge < -0.3 is 11.1 Å². The lowest BCUT2D eigenvalue weighted by Crippen LogP contribution is -2.17. The third-order valence-corrected chi connectivity index (χ3v) is 4.51. The Morgan fingerprint density at radius 3 is 2.60 bits per heavy atom. The van der Waals surface area contributed by atoms with Crippen molar-refractivity contribution in [2.45, 2.75) is 12.5 Å². The molecule has 2 heterocycles. The maximum absolute atomic E-state index is 13.8. The van der Waals surface area contributed by atoms with E-state index in [1.165, 1.54) is 6.07 Å². The van der Waals surface area contributed by atoms with Gasteiger partial charge in [0.15, 0.2) is 0 Å². The largest absolute Gasteiger partial charge is 0.370 e. The molecule has 4 nitrogen and oxygen atoms in total. The number of aromatic nitrogens is 2. The number of benzene rings is 1. The normalized spacial score (nSPS) is 12.0. The Hall–Kier alpha value is -2.31. The highest BCUT2D eigenvalue weighted by Crippen LogP contribution is 2.27. The molecule has 2 aromatic heterocycles. The molecule has 0 saturated carbocycles. The minimum absolute atomic E-state index is 0.267. The molecule has 0 aliphatic carbocycles. The maximum atomic E-state index is 13.8. The molecule has 0 fully saturated rings. The Labute approximate surface area is 154 Å². The van der Waals surface area contributed by atoms with Gasteiger partial charge in [-0.25, -0.2) is 9.37 Å². The van der Waals surface area contributed by atoms with Crippen molar-refractivity contribution in [1.29, 1.82) is 0 Å². The lowest BCUT2D eigenvalue weighted by atomic mass is 10.0. The lowest BCUT2D eigenvalue weighted by Gasteiger charge is -2.14. The van der Waals surface area contributed by atoms with Gasteiger partial charge in [-0.3, -0.25) is 4.98 Å². The molecule has 0 bridgehead atoms. The van der Waals surface area contributed by atoms with E-state index in [-0.39, 0.29) is 11.9 Å². The molecule has 6 heteroatoms. The van der Waals surface area contributed by atoms with Crippen LogP contribution in [0.15, 0.2) is 65.4 Å². The monoisotopic (exact) mass is 400 g/mol. The number of anilines is 1. The zero-order chi connectivity index (χ0) is 17.6. The van der Waals surface area contributed by atoms with Crippen molar-refractivity contribution in [3.63, 3.8) is 0 Å². The first-order valence-electron chi connectivity index (χ1n) is 7.96. The zero-order valence-corrected chi connectivity index (χ0v) is 15.1. The Bertz CT molecular complexity index is 842. The van der Waals surface area contributed by atoms with Gasteiger partial charge in [-0.15, -0.1) is 0 Å². The fourth-order valence-electron chi connectivity index (χ4n) is 2.54. The summed E-state index contributed by atoms with van der Waals surface area (Å²) in [5, 5.41) is 3.25. The van der Waals surface area contributed by atoms with Crippen LogP contribution in [0.4, 0.5) is 10.2 Å². The summed E-state index contributed by atoms with van der Waals surface area (Å²) in [6, 6.07) is 13.9. The minimum Gasteiger partial charge on any atom is -0.370 e. The molecule has 25 heavy (non-hydrogen) atoms. The number of pyridine rings is 2. The average Bonchev–Trinajstić information content (AvgIpc) is 2.64. The van der Waals surface area contributed by atoms with Gasteiger partial charge in [0.1, 0.15) is 11.6 Å². The molecule has 3 rings (SSSR count). The van der Waals surface area contributed by atoms with E-state index in [4.69, 9.17) is 5.73 Å². The van der Waals surface area contributed by atoms with Crippen LogP contribution in [0, 0.1) is 5.82 Å². The molecule has 1 aromatic carbocycles.